The highest BCUT2D eigenvalue weighted by Gasteiger charge is 2.12. The van der Waals surface area contributed by atoms with Crippen molar-refractivity contribution in [3.8, 4) is 28.3 Å². The summed E-state index contributed by atoms with van der Waals surface area (Å²) in [5, 5.41) is 0. The van der Waals surface area contributed by atoms with E-state index in [0.29, 0.717) is 17.1 Å². The molecule has 4 N–H and O–H groups in total. The number of aromatic nitrogens is 2. The number of hydrogen-bond acceptors (Lipinski definition) is 5. The van der Waals surface area contributed by atoms with Gasteiger partial charge in [-0.05, 0) is 30.3 Å². The van der Waals surface area contributed by atoms with Crippen molar-refractivity contribution in [2.24, 2.45) is 0 Å². The van der Waals surface area contributed by atoms with Crippen molar-refractivity contribution in [2.45, 2.75) is 0 Å². The van der Waals surface area contributed by atoms with Crippen molar-refractivity contribution < 1.29 is 4.74 Å². The summed E-state index contributed by atoms with van der Waals surface area (Å²) >= 11 is 0. The first kappa shape index (κ1) is 13.9. The Bertz CT molecular complexity index is 797. The molecule has 2 aromatic carbocycles. The second-order valence-corrected chi connectivity index (χ2v) is 4.80. The molecule has 3 aromatic rings. The van der Waals surface area contributed by atoms with Crippen LogP contribution < -0.4 is 16.2 Å². The minimum atomic E-state index is 0.588. The molecule has 0 amide bonds. The Hall–Kier alpha value is -3.08. The molecule has 22 heavy (non-hydrogen) atoms. The standard InChI is InChI=1S/C17H16N4O/c1-22-16-8-3-2-5-11(16)14-9-15(21-10-20-14)17-12(18)6-4-7-13(17)19/h2-10H,18-19H2,1H3. The monoisotopic (exact) mass is 292 g/mol. The Balaban J connectivity index is 2.15. The van der Waals surface area contributed by atoms with Crippen LogP contribution in [0.1, 0.15) is 0 Å². The van der Waals surface area contributed by atoms with Crippen LogP contribution >= 0.6 is 0 Å². The Kier molecular flexibility index (Phi) is 3.62. The molecular formula is C17H16N4O. The van der Waals surface area contributed by atoms with Crippen LogP contribution in [-0.2, 0) is 0 Å². The quantitative estimate of drug-likeness (QED) is 0.725. The van der Waals surface area contributed by atoms with Crippen molar-refractivity contribution in [3.63, 3.8) is 0 Å². The number of nitrogens with two attached hydrogens (primary N) is 2. The minimum Gasteiger partial charge on any atom is -0.496 e. The van der Waals surface area contributed by atoms with Gasteiger partial charge < -0.3 is 16.2 Å². The zero-order valence-electron chi connectivity index (χ0n) is 12.2. The minimum absolute atomic E-state index is 0.588. The van der Waals surface area contributed by atoms with E-state index in [9.17, 15) is 0 Å². The van der Waals surface area contributed by atoms with Gasteiger partial charge in [0.15, 0.2) is 0 Å². The normalized spacial score (nSPS) is 10.4. The summed E-state index contributed by atoms with van der Waals surface area (Å²) in [5.74, 6) is 0.751. The second kappa shape index (κ2) is 5.73. The lowest BCUT2D eigenvalue weighted by molar-refractivity contribution is 0.416. The van der Waals surface area contributed by atoms with Gasteiger partial charge in [0.05, 0.1) is 18.5 Å². The van der Waals surface area contributed by atoms with Gasteiger partial charge >= 0.3 is 0 Å². The topological polar surface area (TPSA) is 87.0 Å². The molecule has 110 valence electrons. The molecule has 1 aromatic heterocycles. The molecule has 0 aliphatic rings. The second-order valence-electron chi connectivity index (χ2n) is 4.80. The van der Waals surface area contributed by atoms with Gasteiger partial charge in [0.2, 0.25) is 0 Å². The van der Waals surface area contributed by atoms with Gasteiger partial charge in [-0.1, -0.05) is 18.2 Å². The van der Waals surface area contributed by atoms with Gasteiger partial charge in [0.1, 0.15) is 12.1 Å². The lowest BCUT2D eigenvalue weighted by atomic mass is 10.0. The van der Waals surface area contributed by atoms with Crippen molar-refractivity contribution in [2.75, 3.05) is 18.6 Å². The maximum absolute atomic E-state index is 6.03. The lowest BCUT2D eigenvalue weighted by Crippen LogP contribution is -1.98. The van der Waals surface area contributed by atoms with Gasteiger partial charge in [-0.25, -0.2) is 9.97 Å². The zero-order valence-corrected chi connectivity index (χ0v) is 12.2. The molecule has 0 aliphatic carbocycles. The van der Waals surface area contributed by atoms with Crippen molar-refractivity contribution in [3.05, 3.63) is 54.9 Å². The average Bonchev–Trinajstić information content (AvgIpc) is 2.55. The van der Waals surface area contributed by atoms with Crippen molar-refractivity contribution in [1.29, 1.82) is 0 Å². The fourth-order valence-electron chi connectivity index (χ4n) is 2.38. The number of benzene rings is 2. The summed E-state index contributed by atoms with van der Waals surface area (Å²) in [6.07, 6.45) is 1.50. The largest absolute Gasteiger partial charge is 0.496 e. The Labute approximate surface area is 128 Å². The Morgan fingerprint density at radius 2 is 1.55 bits per heavy atom. The first-order valence-corrected chi connectivity index (χ1v) is 6.80. The van der Waals surface area contributed by atoms with Crippen LogP contribution in [0.3, 0.4) is 0 Å². The molecule has 5 heteroatoms. The fourth-order valence-corrected chi connectivity index (χ4v) is 2.38. The molecule has 5 nitrogen and oxygen atoms in total. The van der Waals surface area contributed by atoms with Gasteiger partial charge in [0, 0.05) is 22.5 Å². The third-order valence-corrected chi connectivity index (χ3v) is 3.44. The Morgan fingerprint density at radius 1 is 0.864 bits per heavy atom. The number of ether oxygens (including phenoxy) is 1. The summed E-state index contributed by atoms with van der Waals surface area (Å²) in [4.78, 5) is 8.63. The lowest BCUT2D eigenvalue weighted by Gasteiger charge is -2.11. The van der Waals surface area contributed by atoms with Gasteiger partial charge in [-0.3, -0.25) is 0 Å². The van der Waals surface area contributed by atoms with E-state index in [1.165, 1.54) is 6.33 Å². The van der Waals surface area contributed by atoms with Crippen LogP contribution in [0, 0.1) is 0 Å². The Morgan fingerprint density at radius 3 is 2.27 bits per heavy atom. The predicted molar refractivity (Wildman–Crippen MR) is 88.3 cm³/mol. The summed E-state index contributed by atoms with van der Waals surface area (Å²) in [5.41, 5.74) is 16.3. The van der Waals surface area contributed by atoms with Crippen molar-refractivity contribution >= 4 is 11.4 Å². The highest BCUT2D eigenvalue weighted by atomic mass is 16.5. The molecule has 0 unspecified atom stereocenters. The molecule has 0 saturated heterocycles. The first-order chi connectivity index (χ1) is 10.7. The van der Waals surface area contributed by atoms with Crippen LogP contribution in [0.15, 0.2) is 54.9 Å². The van der Waals surface area contributed by atoms with E-state index in [1.807, 2.05) is 36.4 Å². The maximum atomic E-state index is 6.03. The third-order valence-electron chi connectivity index (χ3n) is 3.44. The predicted octanol–water partition coefficient (Wildman–Crippen LogP) is 2.98. The number of anilines is 2. The molecule has 0 radical (unpaired) electrons. The molecule has 0 bridgehead atoms. The zero-order chi connectivity index (χ0) is 15.5. The highest BCUT2D eigenvalue weighted by Crippen LogP contribution is 2.33. The smallest absolute Gasteiger partial charge is 0.128 e. The van der Waals surface area contributed by atoms with Crippen molar-refractivity contribution in [1.82, 2.24) is 9.97 Å². The number of para-hydroxylation sites is 1. The van der Waals surface area contributed by atoms with Crippen LogP contribution in [-0.4, -0.2) is 17.1 Å². The number of nitrogen functional groups attached to an aromatic ring is 2. The summed E-state index contributed by atoms with van der Waals surface area (Å²) in [7, 11) is 1.63. The molecule has 3 rings (SSSR count). The van der Waals surface area contributed by atoms with Gasteiger partial charge in [-0.2, -0.15) is 0 Å². The highest BCUT2D eigenvalue weighted by molar-refractivity contribution is 5.86. The van der Waals surface area contributed by atoms with Crippen LogP contribution in [0.2, 0.25) is 0 Å². The molecule has 0 saturated carbocycles. The van der Waals surface area contributed by atoms with Gasteiger partial charge in [-0.15, -0.1) is 0 Å². The van der Waals surface area contributed by atoms with E-state index in [1.54, 1.807) is 19.2 Å². The van der Waals surface area contributed by atoms with Crippen LogP contribution in [0.25, 0.3) is 22.5 Å². The summed E-state index contributed by atoms with van der Waals surface area (Å²) in [6, 6.07) is 15.0. The number of hydrogen-bond donors (Lipinski definition) is 2. The molecule has 1 heterocycles. The van der Waals surface area contributed by atoms with E-state index >= 15 is 0 Å². The molecule has 0 spiro atoms. The first-order valence-electron chi connectivity index (χ1n) is 6.80. The van der Waals surface area contributed by atoms with E-state index < -0.39 is 0 Å². The van der Waals surface area contributed by atoms with Gasteiger partial charge in [0.25, 0.3) is 0 Å². The molecule has 0 aliphatic heterocycles. The van der Waals surface area contributed by atoms with E-state index in [-0.39, 0.29) is 0 Å². The van der Waals surface area contributed by atoms with Crippen LogP contribution in [0.4, 0.5) is 11.4 Å². The molecule has 0 atom stereocenters. The summed E-state index contributed by atoms with van der Waals surface area (Å²) in [6.45, 7) is 0. The van der Waals surface area contributed by atoms with E-state index in [2.05, 4.69) is 9.97 Å². The van der Waals surface area contributed by atoms with E-state index in [0.717, 1.165) is 22.6 Å². The molecular weight excluding hydrogens is 276 g/mol. The number of nitrogens with zero attached hydrogens (tertiary/aromatic N) is 2. The average molecular weight is 292 g/mol. The number of rotatable bonds is 3. The fraction of sp³-hybridized carbons (Fsp3) is 0.0588. The number of methoxy groups -OCH3 is 1. The summed E-state index contributed by atoms with van der Waals surface area (Å²) < 4.78 is 5.38. The van der Waals surface area contributed by atoms with Crippen LogP contribution in [0.5, 0.6) is 5.75 Å². The third kappa shape index (κ3) is 2.44. The molecule has 0 fully saturated rings. The van der Waals surface area contributed by atoms with E-state index in [4.69, 9.17) is 16.2 Å². The SMILES string of the molecule is COc1ccccc1-c1cc(-c2c(N)cccc2N)ncn1. The maximum Gasteiger partial charge on any atom is 0.128 e.